The van der Waals surface area contributed by atoms with E-state index in [1.54, 1.807) is 27.7 Å². The monoisotopic (exact) mass is 437 g/mol. The van der Waals surface area contributed by atoms with E-state index in [0.29, 0.717) is 59.7 Å². The summed E-state index contributed by atoms with van der Waals surface area (Å²) in [6.07, 6.45) is 3.14. The molecule has 1 fully saturated rings. The molecule has 1 aromatic carbocycles. The number of benzene rings is 1. The highest BCUT2D eigenvalue weighted by molar-refractivity contribution is 6.36. The summed E-state index contributed by atoms with van der Waals surface area (Å²) in [6.45, 7) is 4.05. The first-order chi connectivity index (χ1) is 15.1. The lowest BCUT2D eigenvalue weighted by atomic mass is 10.0. The molecule has 0 aliphatic carbocycles. The number of ether oxygens (including phenoxy) is 1. The number of carbonyl (C=O) groups is 1. The molecule has 1 saturated heterocycles. The van der Waals surface area contributed by atoms with Crippen molar-refractivity contribution in [2.24, 2.45) is 0 Å². The van der Waals surface area contributed by atoms with Gasteiger partial charge in [-0.1, -0.05) is 23.7 Å². The molecule has 4 aromatic rings. The topological polar surface area (TPSA) is 97.5 Å². The Balaban J connectivity index is 1.55. The number of anilines is 1. The Hall–Kier alpha value is -3.30. The van der Waals surface area contributed by atoms with Crippen LogP contribution in [0.3, 0.4) is 0 Å². The third-order valence-electron chi connectivity index (χ3n) is 5.31. The molecule has 3 aromatic heterocycles. The second-order valence-corrected chi connectivity index (χ2v) is 7.71. The number of fused-ring (bicyclic) bond motifs is 2. The number of amides is 1. The average molecular weight is 438 g/mol. The minimum absolute atomic E-state index is 0.146. The molecule has 1 aliphatic heterocycles. The van der Waals surface area contributed by atoms with Crippen molar-refractivity contribution in [2.75, 3.05) is 31.6 Å². The van der Waals surface area contributed by atoms with Crippen LogP contribution in [0.5, 0.6) is 0 Å². The third kappa shape index (κ3) is 3.66. The molecule has 5 rings (SSSR count). The first kappa shape index (κ1) is 19.7. The Labute approximate surface area is 183 Å². The van der Waals surface area contributed by atoms with E-state index in [9.17, 15) is 4.79 Å². The minimum Gasteiger partial charge on any atom is -0.378 e. The van der Waals surface area contributed by atoms with E-state index >= 15 is 0 Å². The molecule has 31 heavy (non-hydrogen) atoms. The summed E-state index contributed by atoms with van der Waals surface area (Å²) in [5.74, 6) is 0.392. The number of rotatable bonds is 4. The number of hydrogen-bond donors (Lipinski definition) is 1. The summed E-state index contributed by atoms with van der Waals surface area (Å²) in [5, 5.41) is 9.59. The van der Waals surface area contributed by atoms with Gasteiger partial charge in [-0.25, -0.2) is 15.0 Å². The lowest BCUT2D eigenvalue weighted by Crippen LogP contribution is -2.41. The summed E-state index contributed by atoms with van der Waals surface area (Å²) in [4.78, 5) is 28.3. The maximum atomic E-state index is 13.3. The molecule has 1 aliphatic rings. The lowest BCUT2D eigenvalue weighted by molar-refractivity contribution is 0.0300. The fourth-order valence-electron chi connectivity index (χ4n) is 3.70. The van der Waals surface area contributed by atoms with E-state index in [0.717, 1.165) is 5.39 Å². The molecule has 1 amide bonds. The van der Waals surface area contributed by atoms with Gasteiger partial charge in [0.1, 0.15) is 12.0 Å². The minimum atomic E-state index is -0.248. The molecule has 10 heteroatoms. The van der Waals surface area contributed by atoms with Crippen LogP contribution in [0.15, 0.2) is 42.9 Å². The Morgan fingerprint density at radius 1 is 1.23 bits per heavy atom. The smallest absolute Gasteiger partial charge is 0.273 e. The van der Waals surface area contributed by atoms with Gasteiger partial charge in [-0.3, -0.25) is 4.79 Å². The molecule has 0 bridgehead atoms. The van der Waals surface area contributed by atoms with Crippen LogP contribution in [-0.4, -0.2) is 61.7 Å². The van der Waals surface area contributed by atoms with E-state index in [1.165, 1.54) is 6.33 Å². The zero-order valence-electron chi connectivity index (χ0n) is 16.8. The van der Waals surface area contributed by atoms with Crippen LogP contribution in [0.25, 0.3) is 16.4 Å². The lowest BCUT2D eigenvalue weighted by Gasteiger charge is -2.27. The van der Waals surface area contributed by atoms with E-state index < -0.39 is 0 Å². The van der Waals surface area contributed by atoms with Crippen molar-refractivity contribution in [3.8, 4) is 0 Å². The molecule has 1 atom stereocenters. The Morgan fingerprint density at radius 2 is 2.06 bits per heavy atom. The van der Waals surface area contributed by atoms with Crippen molar-refractivity contribution in [1.82, 2.24) is 29.5 Å². The van der Waals surface area contributed by atoms with Crippen LogP contribution in [-0.2, 0) is 4.74 Å². The highest BCUT2D eigenvalue weighted by Gasteiger charge is 2.24. The molecule has 1 N–H and O–H groups in total. The van der Waals surface area contributed by atoms with Gasteiger partial charge in [0.2, 0.25) is 5.95 Å². The van der Waals surface area contributed by atoms with Crippen molar-refractivity contribution in [1.29, 1.82) is 0 Å². The van der Waals surface area contributed by atoms with Crippen LogP contribution < -0.4 is 5.32 Å². The van der Waals surface area contributed by atoms with Gasteiger partial charge in [-0.15, -0.1) is 0 Å². The summed E-state index contributed by atoms with van der Waals surface area (Å²) in [7, 11) is 0. The van der Waals surface area contributed by atoms with Crippen molar-refractivity contribution in [3.05, 3.63) is 59.3 Å². The number of nitrogens with one attached hydrogen (secondary N) is 1. The second-order valence-electron chi connectivity index (χ2n) is 7.30. The van der Waals surface area contributed by atoms with Gasteiger partial charge in [-0.2, -0.15) is 9.61 Å². The van der Waals surface area contributed by atoms with Crippen molar-refractivity contribution in [3.63, 3.8) is 0 Å². The number of pyridine rings is 1. The predicted octanol–water partition coefficient (Wildman–Crippen LogP) is 2.97. The highest BCUT2D eigenvalue weighted by atomic mass is 35.5. The highest BCUT2D eigenvalue weighted by Crippen LogP contribution is 2.30. The third-order valence-corrected chi connectivity index (χ3v) is 5.63. The van der Waals surface area contributed by atoms with Crippen molar-refractivity contribution in [2.45, 2.75) is 13.0 Å². The first-order valence-electron chi connectivity index (χ1n) is 9.99. The summed E-state index contributed by atoms with van der Waals surface area (Å²) in [6, 6.07) is 9.07. The normalized spacial score (nSPS) is 15.4. The van der Waals surface area contributed by atoms with Crippen LogP contribution in [0.2, 0.25) is 5.02 Å². The van der Waals surface area contributed by atoms with Crippen LogP contribution in [0, 0.1) is 0 Å². The van der Waals surface area contributed by atoms with Gasteiger partial charge in [-0.05, 0) is 24.4 Å². The number of nitrogens with zero attached hydrogens (tertiary/aromatic N) is 6. The summed E-state index contributed by atoms with van der Waals surface area (Å²) in [5.41, 5.74) is 1.73. The molecule has 0 saturated carbocycles. The molecule has 4 heterocycles. The zero-order chi connectivity index (χ0) is 21.4. The fraction of sp³-hybridized carbons (Fsp3) is 0.286. The Morgan fingerprint density at radius 3 is 2.90 bits per heavy atom. The van der Waals surface area contributed by atoms with Crippen LogP contribution in [0.1, 0.15) is 29.1 Å². The van der Waals surface area contributed by atoms with Gasteiger partial charge in [0.25, 0.3) is 5.91 Å². The molecular formula is C21H20ClN7O2. The maximum Gasteiger partial charge on any atom is 0.273 e. The maximum absolute atomic E-state index is 13.3. The van der Waals surface area contributed by atoms with Crippen LogP contribution >= 0.6 is 11.6 Å². The quantitative estimate of drug-likeness (QED) is 0.524. The van der Waals surface area contributed by atoms with E-state index in [2.05, 4.69) is 20.4 Å². The molecule has 1 unspecified atom stereocenters. The number of hydrogen-bond acceptors (Lipinski definition) is 7. The number of carbonyl (C=O) groups excluding carboxylic acids is 1. The number of morpholine rings is 1. The average Bonchev–Trinajstić information content (AvgIpc) is 3.28. The molecule has 0 spiro atoms. The summed E-state index contributed by atoms with van der Waals surface area (Å²) >= 11 is 6.48. The molecular weight excluding hydrogens is 418 g/mol. The zero-order valence-corrected chi connectivity index (χ0v) is 17.6. The Kier molecular flexibility index (Phi) is 5.13. The van der Waals surface area contributed by atoms with E-state index in [4.69, 9.17) is 21.3 Å². The molecule has 0 radical (unpaired) electrons. The van der Waals surface area contributed by atoms with Gasteiger partial charge < -0.3 is 15.0 Å². The van der Waals surface area contributed by atoms with Crippen LogP contribution in [0.4, 0.5) is 5.95 Å². The SMILES string of the molecule is CC(Nc1ncnc2ccnn12)c1cc2cccc(Cl)c2c(C(=O)N2CCOCC2)n1. The first-order valence-corrected chi connectivity index (χ1v) is 10.4. The second kappa shape index (κ2) is 8.09. The summed E-state index contributed by atoms with van der Waals surface area (Å²) < 4.78 is 7.00. The molecule has 158 valence electrons. The predicted molar refractivity (Wildman–Crippen MR) is 116 cm³/mol. The van der Waals surface area contributed by atoms with Gasteiger partial charge in [0.05, 0.1) is 36.2 Å². The van der Waals surface area contributed by atoms with E-state index in [-0.39, 0.29) is 11.9 Å². The largest absolute Gasteiger partial charge is 0.378 e. The molecule has 9 nitrogen and oxygen atoms in total. The van der Waals surface area contributed by atoms with Gasteiger partial charge in [0, 0.05) is 24.5 Å². The van der Waals surface area contributed by atoms with E-state index in [1.807, 2.05) is 25.1 Å². The van der Waals surface area contributed by atoms with Crippen molar-refractivity contribution >= 4 is 39.9 Å². The number of halogens is 1. The van der Waals surface area contributed by atoms with Crippen molar-refractivity contribution < 1.29 is 9.53 Å². The van der Waals surface area contributed by atoms with Gasteiger partial charge in [0.15, 0.2) is 5.65 Å². The number of aromatic nitrogens is 5. The fourth-order valence-corrected chi connectivity index (χ4v) is 3.97. The Bertz CT molecular complexity index is 1270. The van der Waals surface area contributed by atoms with Gasteiger partial charge >= 0.3 is 0 Å². The standard InChI is InChI=1S/C21H20ClN7O2/c1-13(26-21-24-12-23-17-5-6-25-29(17)21)16-11-14-3-2-4-15(22)18(14)19(27-16)20(30)28-7-9-31-10-8-28/h2-6,11-13H,7-10H2,1H3,(H,23,24,26).